The summed E-state index contributed by atoms with van der Waals surface area (Å²) in [6.45, 7) is 6.72. The summed E-state index contributed by atoms with van der Waals surface area (Å²) in [5, 5.41) is 14.5. The van der Waals surface area contributed by atoms with E-state index < -0.39 is 5.97 Å². The van der Waals surface area contributed by atoms with E-state index in [0.717, 1.165) is 12.8 Å². The van der Waals surface area contributed by atoms with Crippen LogP contribution in [0.3, 0.4) is 0 Å². The first-order valence-electron chi connectivity index (χ1n) is 6.21. The van der Waals surface area contributed by atoms with Crippen LogP contribution in [0.1, 0.15) is 40.0 Å². The third-order valence-corrected chi connectivity index (χ3v) is 2.85. The molecule has 1 amide bonds. The molecule has 0 aliphatic carbocycles. The van der Waals surface area contributed by atoms with Crippen LogP contribution in [0.5, 0.6) is 0 Å². The molecule has 0 heterocycles. The van der Waals surface area contributed by atoms with Crippen LogP contribution in [0, 0.1) is 5.92 Å². The van der Waals surface area contributed by atoms with E-state index in [4.69, 9.17) is 5.11 Å². The lowest BCUT2D eigenvalue weighted by Crippen LogP contribution is -2.39. The quantitative estimate of drug-likeness (QED) is 0.565. The SMILES string of the molecule is CCC(CNC(=O)CNC(C)CC)CC(=O)O. The van der Waals surface area contributed by atoms with Crippen molar-refractivity contribution in [1.82, 2.24) is 10.6 Å². The molecule has 0 spiro atoms. The van der Waals surface area contributed by atoms with Gasteiger partial charge in [0.05, 0.1) is 6.54 Å². The molecule has 0 rings (SSSR count). The summed E-state index contributed by atoms with van der Waals surface area (Å²) in [4.78, 5) is 22.0. The van der Waals surface area contributed by atoms with Crippen molar-refractivity contribution >= 4 is 11.9 Å². The van der Waals surface area contributed by atoms with Crippen LogP contribution in [0.2, 0.25) is 0 Å². The van der Waals surface area contributed by atoms with E-state index in [2.05, 4.69) is 17.6 Å². The Labute approximate surface area is 103 Å². The number of carbonyl (C=O) groups is 2. The lowest BCUT2D eigenvalue weighted by Gasteiger charge is -2.15. The van der Waals surface area contributed by atoms with Gasteiger partial charge < -0.3 is 15.7 Å². The zero-order chi connectivity index (χ0) is 13.3. The van der Waals surface area contributed by atoms with Gasteiger partial charge in [-0.05, 0) is 19.3 Å². The minimum atomic E-state index is -0.816. The van der Waals surface area contributed by atoms with Gasteiger partial charge in [-0.2, -0.15) is 0 Å². The summed E-state index contributed by atoms with van der Waals surface area (Å²) >= 11 is 0. The first-order chi connectivity index (χ1) is 7.99. The highest BCUT2D eigenvalue weighted by Crippen LogP contribution is 2.06. The molecular formula is C12H24N2O3. The number of nitrogens with one attached hydrogen (secondary N) is 2. The Bertz CT molecular complexity index is 244. The van der Waals surface area contributed by atoms with Crippen LogP contribution >= 0.6 is 0 Å². The van der Waals surface area contributed by atoms with E-state index >= 15 is 0 Å². The molecule has 0 aliphatic rings. The minimum absolute atomic E-state index is 0.0139. The number of aliphatic carboxylic acids is 1. The first kappa shape index (κ1) is 15.9. The maximum Gasteiger partial charge on any atom is 0.303 e. The lowest BCUT2D eigenvalue weighted by molar-refractivity contribution is -0.138. The van der Waals surface area contributed by atoms with E-state index in [-0.39, 0.29) is 18.2 Å². The second-order valence-corrected chi connectivity index (χ2v) is 4.37. The van der Waals surface area contributed by atoms with Crippen molar-refractivity contribution < 1.29 is 14.7 Å². The van der Waals surface area contributed by atoms with E-state index in [1.807, 2.05) is 13.8 Å². The van der Waals surface area contributed by atoms with Crippen LogP contribution in [-0.4, -0.2) is 36.1 Å². The molecule has 0 radical (unpaired) electrons. The molecule has 5 heteroatoms. The molecule has 0 bridgehead atoms. The predicted octanol–water partition coefficient (Wildman–Crippen LogP) is 0.992. The zero-order valence-corrected chi connectivity index (χ0v) is 11.0. The van der Waals surface area contributed by atoms with Crippen molar-refractivity contribution in [2.24, 2.45) is 5.92 Å². The van der Waals surface area contributed by atoms with Crippen molar-refractivity contribution in [3.05, 3.63) is 0 Å². The van der Waals surface area contributed by atoms with Gasteiger partial charge in [0, 0.05) is 19.0 Å². The Morgan fingerprint density at radius 1 is 1.24 bits per heavy atom. The monoisotopic (exact) mass is 244 g/mol. The Hall–Kier alpha value is -1.10. The van der Waals surface area contributed by atoms with Gasteiger partial charge >= 0.3 is 5.97 Å². The fourth-order valence-electron chi connectivity index (χ4n) is 1.34. The fraction of sp³-hybridized carbons (Fsp3) is 0.833. The molecular weight excluding hydrogens is 220 g/mol. The minimum Gasteiger partial charge on any atom is -0.481 e. The number of rotatable bonds is 9. The average Bonchev–Trinajstić information content (AvgIpc) is 2.30. The third-order valence-electron chi connectivity index (χ3n) is 2.85. The van der Waals surface area contributed by atoms with Gasteiger partial charge in [0.25, 0.3) is 0 Å². The maximum atomic E-state index is 11.4. The van der Waals surface area contributed by atoms with Gasteiger partial charge in [-0.3, -0.25) is 9.59 Å². The summed E-state index contributed by atoms with van der Waals surface area (Å²) in [6.07, 6.45) is 1.84. The molecule has 0 aromatic carbocycles. The molecule has 0 saturated heterocycles. The number of hydrogen-bond donors (Lipinski definition) is 3. The van der Waals surface area contributed by atoms with Gasteiger partial charge in [0.1, 0.15) is 0 Å². The van der Waals surface area contributed by atoms with E-state index in [0.29, 0.717) is 19.1 Å². The molecule has 5 nitrogen and oxygen atoms in total. The largest absolute Gasteiger partial charge is 0.481 e. The standard InChI is InChI=1S/C12H24N2O3/c1-4-9(3)13-8-11(15)14-7-10(5-2)6-12(16)17/h9-10,13H,4-8H2,1-3H3,(H,14,15)(H,16,17). The van der Waals surface area contributed by atoms with Crippen molar-refractivity contribution in [2.75, 3.05) is 13.1 Å². The van der Waals surface area contributed by atoms with Crippen LogP contribution in [0.15, 0.2) is 0 Å². The summed E-state index contributed by atoms with van der Waals surface area (Å²) in [5.41, 5.74) is 0. The Morgan fingerprint density at radius 2 is 1.88 bits per heavy atom. The molecule has 0 aromatic rings. The topological polar surface area (TPSA) is 78.4 Å². The van der Waals surface area contributed by atoms with Crippen molar-refractivity contribution in [1.29, 1.82) is 0 Å². The van der Waals surface area contributed by atoms with Crippen molar-refractivity contribution in [2.45, 2.75) is 46.1 Å². The number of carboxylic acids is 1. The molecule has 0 aliphatic heterocycles. The highest BCUT2D eigenvalue weighted by Gasteiger charge is 2.12. The maximum absolute atomic E-state index is 11.4. The summed E-state index contributed by atoms with van der Waals surface area (Å²) in [5.74, 6) is -0.877. The molecule has 2 atom stereocenters. The summed E-state index contributed by atoms with van der Waals surface area (Å²) < 4.78 is 0. The molecule has 2 unspecified atom stereocenters. The second-order valence-electron chi connectivity index (χ2n) is 4.37. The predicted molar refractivity (Wildman–Crippen MR) is 66.8 cm³/mol. The Morgan fingerprint density at radius 3 is 2.35 bits per heavy atom. The summed E-state index contributed by atoms with van der Waals surface area (Å²) in [6, 6.07) is 0.321. The molecule has 0 aromatic heterocycles. The highest BCUT2D eigenvalue weighted by atomic mass is 16.4. The smallest absolute Gasteiger partial charge is 0.303 e. The highest BCUT2D eigenvalue weighted by molar-refractivity contribution is 5.78. The number of carbonyl (C=O) groups excluding carboxylic acids is 1. The van der Waals surface area contributed by atoms with Crippen LogP contribution in [-0.2, 0) is 9.59 Å². The van der Waals surface area contributed by atoms with E-state index in [1.54, 1.807) is 0 Å². The van der Waals surface area contributed by atoms with Gasteiger partial charge in [-0.1, -0.05) is 20.3 Å². The molecule has 17 heavy (non-hydrogen) atoms. The first-order valence-corrected chi connectivity index (χ1v) is 6.21. The molecule has 0 saturated carbocycles. The van der Waals surface area contributed by atoms with Gasteiger partial charge in [0.15, 0.2) is 0 Å². The van der Waals surface area contributed by atoms with Gasteiger partial charge in [-0.15, -0.1) is 0 Å². The van der Waals surface area contributed by atoms with Gasteiger partial charge in [0.2, 0.25) is 5.91 Å². The normalized spacial score (nSPS) is 14.1. The van der Waals surface area contributed by atoms with Crippen LogP contribution < -0.4 is 10.6 Å². The Kier molecular flexibility index (Phi) is 8.40. The Balaban J connectivity index is 3.77. The second kappa shape index (κ2) is 8.98. The van der Waals surface area contributed by atoms with E-state index in [9.17, 15) is 9.59 Å². The molecule has 0 fully saturated rings. The van der Waals surface area contributed by atoms with E-state index in [1.165, 1.54) is 0 Å². The molecule has 100 valence electrons. The average molecular weight is 244 g/mol. The number of carboxylic acid groups (broad SMARTS) is 1. The van der Waals surface area contributed by atoms with Crippen molar-refractivity contribution in [3.8, 4) is 0 Å². The van der Waals surface area contributed by atoms with Gasteiger partial charge in [-0.25, -0.2) is 0 Å². The summed E-state index contributed by atoms with van der Waals surface area (Å²) in [7, 11) is 0. The lowest BCUT2D eigenvalue weighted by atomic mass is 10.0. The molecule has 3 N–H and O–H groups in total. The zero-order valence-electron chi connectivity index (χ0n) is 11.0. The van der Waals surface area contributed by atoms with Crippen LogP contribution in [0.25, 0.3) is 0 Å². The third kappa shape index (κ3) is 8.68. The number of hydrogen-bond acceptors (Lipinski definition) is 3. The number of amides is 1. The van der Waals surface area contributed by atoms with Crippen LogP contribution in [0.4, 0.5) is 0 Å². The fourth-order valence-corrected chi connectivity index (χ4v) is 1.34. The van der Waals surface area contributed by atoms with Crippen molar-refractivity contribution in [3.63, 3.8) is 0 Å².